The summed E-state index contributed by atoms with van der Waals surface area (Å²) in [4.78, 5) is 19.7. The van der Waals surface area contributed by atoms with Crippen LogP contribution in [0, 0.1) is 11.3 Å². The van der Waals surface area contributed by atoms with Crippen LogP contribution in [0.5, 0.6) is 5.75 Å². The van der Waals surface area contributed by atoms with Crippen molar-refractivity contribution in [2.24, 2.45) is 16.3 Å². The summed E-state index contributed by atoms with van der Waals surface area (Å²) < 4.78 is 6.81. The molecular formula is C33H31BrCl2N2O2S. The maximum atomic E-state index is 13.6. The van der Waals surface area contributed by atoms with Gasteiger partial charge in [-0.25, -0.2) is 4.99 Å². The fourth-order valence-electron chi connectivity index (χ4n) is 4.98. The van der Waals surface area contributed by atoms with Gasteiger partial charge in [-0.1, -0.05) is 62.2 Å². The average Bonchev–Trinajstić information content (AvgIpc) is 3.31. The zero-order valence-electron chi connectivity index (χ0n) is 23.1. The van der Waals surface area contributed by atoms with E-state index in [0.717, 1.165) is 45.4 Å². The number of thiophene rings is 1. The van der Waals surface area contributed by atoms with E-state index in [1.807, 2.05) is 54.6 Å². The van der Waals surface area contributed by atoms with Crippen LogP contribution in [0.15, 0.2) is 76.2 Å². The van der Waals surface area contributed by atoms with Crippen molar-refractivity contribution in [3.05, 3.63) is 108 Å². The first kappa shape index (κ1) is 29.8. The van der Waals surface area contributed by atoms with E-state index in [4.69, 9.17) is 32.9 Å². The minimum Gasteiger partial charge on any atom is -0.488 e. The summed E-state index contributed by atoms with van der Waals surface area (Å²) in [5.41, 5.74) is 4.52. The van der Waals surface area contributed by atoms with Gasteiger partial charge < -0.3 is 10.1 Å². The van der Waals surface area contributed by atoms with Crippen LogP contribution in [0.25, 0.3) is 0 Å². The van der Waals surface area contributed by atoms with Gasteiger partial charge in [-0.2, -0.15) is 0 Å². The molecule has 0 spiro atoms. The summed E-state index contributed by atoms with van der Waals surface area (Å²) >= 11 is 17.6. The second-order valence-corrected chi connectivity index (χ2v) is 14.1. The molecule has 3 aromatic carbocycles. The van der Waals surface area contributed by atoms with Gasteiger partial charge in [0.2, 0.25) is 0 Å². The molecule has 1 N–H and O–H groups in total. The van der Waals surface area contributed by atoms with E-state index in [0.29, 0.717) is 39.6 Å². The van der Waals surface area contributed by atoms with Crippen molar-refractivity contribution in [1.29, 1.82) is 0 Å². The molecule has 5 rings (SSSR count). The number of amides is 1. The second kappa shape index (κ2) is 12.7. The molecule has 0 fully saturated rings. The van der Waals surface area contributed by atoms with Crippen LogP contribution in [-0.2, 0) is 19.4 Å². The molecule has 212 valence electrons. The van der Waals surface area contributed by atoms with Crippen LogP contribution in [0.4, 0.5) is 10.7 Å². The molecule has 1 amide bonds. The van der Waals surface area contributed by atoms with Gasteiger partial charge in [0.05, 0.1) is 10.0 Å². The van der Waals surface area contributed by atoms with Crippen LogP contribution < -0.4 is 10.1 Å². The van der Waals surface area contributed by atoms with E-state index in [9.17, 15) is 4.79 Å². The van der Waals surface area contributed by atoms with E-state index in [1.54, 1.807) is 29.7 Å². The van der Waals surface area contributed by atoms with Gasteiger partial charge >= 0.3 is 0 Å². The number of nitrogens with one attached hydrogen (secondary N) is 1. The maximum absolute atomic E-state index is 13.6. The maximum Gasteiger partial charge on any atom is 0.259 e. The Kier molecular flexibility index (Phi) is 9.24. The molecule has 0 bridgehead atoms. The van der Waals surface area contributed by atoms with Gasteiger partial charge in [0.15, 0.2) is 0 Å². The van der Waals surface area contributed by atoms with Gasteiger partial charge in [0.25, 0.3) is 5.91 Å². The predicted molar refractivity (Wildman–Crippen MR) is 176 cm³/mol. The molecular weight excluding hydrogens is 639 g/mol. The van der Waals surface area contributed by atoms with E-state index in [2.05, 4.69) is 42.0 Å². The van der Waals surface area contributed by atoms with Crippen LogP contribution in [0.1, 0.15) is 59.1 Å². The molecule has 0 unspecified atom stereocenters. The van der Waals surface area contributed by atoms with E-state index >= 15 is 0 Å². The lowest BCUT2D eigenvalue weighted by Gasteiger charge is -2.33. The Morgan fingerprint density at radius 3 is 2.59 bits per heavy atom. The number of rotatable bonds is 7. The molecule has 1 aliphatic rings. The minimum atomic E-state index is -0.143. The third-order valence-electron chi connectivity index (χ3n) is 7.43. The molecule has 8 heteroatoms. The van der Waals surface area contributed by atoms with Crippen molar-refractivity contribution in [2.75, 3.05) is 5.32 Å². The quantitative estimate of drug-likeness (QED) is 0.199. The first-order valence-corrected chi connectivity index (χ1v) is 15.9. The Morgan fingerprint density at radius 2 is 1.88 bits per heavy atom. The van der Waals surface area contributed by atoms with Crippen LogP contribution in [-0.4, -0.2) is 12.1 Å². The predicted octanol–water partition coefficient (Wildman–Crippen LogP) is 10.6. The van der Waals surface area contributed by atoms with Crippen molar-refractivity contribution in [3.63, 3.8) is 0 Å². The van der Waals surface area contributed by atoms with Gasteiger partial charge in [-0.3, -0.25) is 4.79 Å². The minimum absolute atomic E-state index is 0.143. The van der Waals surface area contributed by atoms with Crippen molar-refractivity contribution in [3.8, 4) is 5.75 Å². The van der Waals surface area contributed by atoms with Gasteiger partial charge in [0, 0.05) is 32.4 Å². The summed E-state index contributed by atoms with van der Waals surface area (Å²) in [6.45, 7) is 7.25. The lowest BCUT2D eigenvalue weighted by Crippen LogP contribution is -2.27. The first-order valence-electron chi connectivity index (χ1n) is 13.5. The lowest BCUT2D eigenvalue weighted by molar-refractivity contribution is 0.102. The molecule has 0 saturated carbocycles. The number of carbonyl (C=O) groups is 1. The number of anilines is 1. The third-order valence-corrected chi connectivity index (χ3v) is 9.83. The Labute approximate surface area is 263 Å². The summed E-state index contributed by atoms with van der Waals surface area (Å²) in [6, 6.07) is 20.6. The number of carbonyl (C=O) groups excluding carboxylic acids is 1. The normalized spacial score (nSPS) is 15.1. The Morgan fingerprint density at radius 1 is 1.12 bits per heavy atom. The van der Waals surface area contributed by atoms with Crippen molar-refractivity contribution >= 4 is 73.3 Å². The molecule has 1 aliphatic carbocycles. The highest BCUT2D eigenvalue weighted by atomic mass is 79.9. The molecule has 4 aromatic rings. The van der Waals surface area contributed by atoms with Gasteiger partial charge in [0.1, 0.15) is 17.4 Å². The smallest absolute Gasteiger partial charge is 0.259 e. The third kappa shape index (κ3) is 7.23. The number of hydrogen-bond donors (Lipinski definition) is 1. The molecule has 1 heterocycles. The number of hydrogen-bond acceptors (Lipinski definition) is 4. The molecule has 41 heavy (non-hydrogen) atoms. The second-order valence-electron chi connectivity index (χ2n) is 11.3. The van der Waals surface area contributed by atoms with Crippen molar-refractivity contribution in [1.82, 2.24) is 0 Å². The summed E-state index contributed by atoms with van der Waals surface area (Å²) in [5, 5.41) is 5.08. The monoisotopic (exact) mass is 668 g/mol. The summed E-state index contributed by atoms with van der Waals surface area (Å²) in [5.74, 6) is 1.13. The molecule has 0 radical (unpaired) electrons. The molecule has 1 aromatic heterocycles. The number of halogens is 3. The average molecular weight is 670 g/mol. The van der Waals surface area contributed by atoms with E-state index in [1.165, 1.54) is 4.88 Å². The van der Waals surface area contributed by atoms with Crippen LogP contribution in [0.2, 0.25) is 10.0 Å². The zero-order valence-corrected chi connectivity index (χ0v) is 27.1. The zero-order chi connectivity index (χ0) is 29.1. The fraction of sp³-hybridized carbons (Fsp3) is 0.273. The number of fused-ring (bicyclic) bond motifs is 1. The molecule has 4 nitrogen and oxygen atoms in total. The first-order chi connectivity index (χ1) is 19.6. The van der Waals surface area contributed by atoms with Crippen molar-refractivity contribution in [2.45, 2.75) is 46.6 Å². The highest BCUT2D eigenvalue weighted by molar-refractivity contribution is 9.10. The highest BCUT2D eigenvalue weighted by Gasteiger charge is 2.33. The molecule has 1 atom stereocenters. The molecule has 0 saturated heterocycles. The highest BCUT2D eigenvalue weighted by Crippen LogP contribution is 2.45. The lowest BCUT2D eigenvalue weighted by atomic mass is 9.72. The van der Waals surface area contributed by atoms with E-state index in [-0.39, 0.29) is 11.3 Å². The van der Waals surface area contributed by atoms with E-state index < -0.39 is 0 Å². The summed E-state index contributed by atoms with van der Waals surface area (Å²) in [6.07, 6.45) is 4.69. The topological polar surface area (TPSA) is 50.7 Å². The molecule has 0 aliphatic heterocycles. The Hall–Kier alpha value is -2.64. The van der Waals surface area contributed by atoms with Crippen LogP contribution >= 0.6 is 50.5 Å². The SMILES string of the molecule is CC(C)(C)[C@@H]1CCc2c(sc(N=Cc3ccc(OCc4ccccc4Cl)c(Br)c3)c2C(=O)Nc2ccc(Cl)cc2)C1. The number of aliphatic imine (C=N–C) groups is 1. The number of nitrogens with zero attached hydrogens (tertiary/aromatic N) is 1. The van der Waals surface area contributed by atoms with Gasteiger partial charge in [-0.05, 0) is 106 Å². The van der Waals surface area contributed by atoms with Crippen LogP contribution in [0.3, 0.4) is 0 Å². The van der Waals surface area contributed by atoms with Crippen molar-refractivity contribution < 1.29 is 9.53 Å². The fourth-order valence-corrected chi connectivity index (χ4v) is 7.08. The largest absolute Gasteiger partial charge is 0.488 e. The Bertz CT molecular complexity index is 1590. The van der Waals surface area contributed by atoms with Gasteiger partial charge in [-0.15, -0.1) is 11.3 Å². The summed E-state index contributed by atoms with van der Waals surface area (Å²) in [7, 11) is 0. The number of benzene rings is 3. The Balaban J connectivity index is 1.40. The standard InChI is InChI=1S/C33H31BrCl2N2O2S/c1-33(2,3)22-9-14-25-29(17-22)41-32(30(25)31(39)38-24-12-10-23(35)11-13-24)37-18-20-8-15-28(26(34)16-20)40-19-21-6-4-5-7-27(21)36/h4-8,10-13,15-16,18,22H,9,14,17,19H2,1-3H3,(H,38,39)/t22-/m1/s1. The number of ether oxygens (including phenoxy) is 1.